The summed E-state index contributed by atoms with van der Waals surface area (Å²) in [5.74, 6) is 1.47. The van der Waals surface area contributed by atoms with Crippen LogP contribution in [0.25, 0.3) is 16.5 Å². The summed E-state index contributed by atoms with van der Waals surface area (Å²) in [7, 11) is 0. The Hall–Kier alpha value is -1.72. The summed E-state index contributed by atoms with van der Waals surface area (Å²) in [4.78, 5) is 15.9. The number of benzene rings is 2. The van der Waals surface area contributed by atoms with Gasteiger partial charge in [-0.15, -0.1) is 11.8 Å². The summed E-state index contributed by atoms with van der Waals surface area (Å²) in [5.41, 5.74) is 4.53. The summed E-state index contributed by atoms with van der Waals surface area (Å²) < 4.78 is 0. The summed E-state index contributed by atoms with van der Waals surface area (Å²) in [6.45, 7) is 0.729. The molecule has 1 unspecified atom stereocenters. The molecule has 1 aliphatic heterocycles. The number of hydrogen-bond acceptors (Lipinski definition) is 3. The molecular weight excluding hydrogens is 411 g/mol. The zero-order valence-corrected chi connectivity index (χ0v) is 17.5. The van der Waals surface area contributed by atoms with E-state index >= 15 is 0 Å². The number of halogens is 2. The molecule has 2 aromatic carbocycles. The smallest absolute Gasteiger partial charge is 0.159 e. The minimum Gasteiger partial charge on any atom is -0.361 e. The van der Waals surface area contributed by atoms with Crippen molar-refractivity contribution in [3.05, 3.63) is 75.9 Å². The molecule has 0 spiro atoms. The number of aromatic nitrogens is 1. The monoisotopic (exact) mass is 430 g/mol. The van der Waals surface area contributed by atoms with Crippen molar-refractivity contribution in [1.29, 1.82) is 0 Å². The lowest BCUT2D eigenvalue weighted by Gasteiger charge is -2.23. The molecule has 6 heteroatoms. The molecule has 2 heterocycles. The molecule has 3 nitrogen and oxygen atoms in total. The second kappa shape index (κ2) is 8.75. The van der Waals surface area contributed by atoms with Crippen LogP contribution in [0.4, 0.5) is 0 Å². The number of nitrogens with one attached hydrogen (secondary N) is 2. The van der Waals surface area contributed by atoms with Gasteiger partial charge in [0.25, 0.3) is 0 Å². The molecule has 0 radical (unpaired) electrons. The van der Waals surface area contributed by atoms with Gasteiger partial charge in [-0.3, -0.25) is 4.79 Å². The first-order valence-electron chi connectivity index (χ1n) is 9.15. The fourth-order valence-electron chi connectivity index (χ4n) is 3.47. The van der Waals surface area contributed by atoms with Gasteiger partial charge in [0, 0.05) is 29.4 Å². The number of carbonyl (C=O) groups is 1. The first kappa shape index (κ1) is 19.6. The van der Waals surface area contributed by atoms with Crippen LogP contribution in [0.15, 0.2) is 54.7 Å². The van der Waals surface area contributed by atoms with Crippen LogP contribution in [0.5, 0.6) is 0 Å². The molecule has 0 amide bonds. The molecule has 0 fully saturated rings. The molecule has 1 aromatic heterocycles. The molecule has 0 saturated heterocycles. The zero-order valence-electron chi connectivity index (χ0n) is 15.2. The van der Waals surface area contributed by atoms with Gasteiger partial charge in [0.15, 0.2) is 5.78 Å². The maximum absolute atomic E-state index is 12.7. The van der Waals surface area contributed by atoms with Crippen molar-refractivity contribution in [3.63, 3.8) is 0 Å². The Morgan fingerprint density at radius 3 is 2.75 bits per heavy atom. The van der Waals surface area contributed by atoms with Crippen LogP contribution in [0.1, 0.15) is 17.5 Å². The third-order valence-corrected chi connectivity index (χ3v) is 6.71. The van der Waals surface area contributed by atoms with Gasteiger partial charge in [0.05, 0.1) is 21.8 Å². The molecule has 28 heavy (non-hydrogen) atoms. The molecule has 1 atom stereocenters. The highest BCUT2D eigenvalue weighted by atomic mass is 35.5. The van der Waals surface area contributed by atoms with Gasteiger partial charge in [0.1, 0.15) is 0 Å². The van der Waals surface area contributed by atoms with Crippen LogP contribution in [-0.4, -0.2) is 29.1 Å². The van der Waals surface area contributed by atoms with Crippen LogP contribution >= 0.6 is 35.0 Å². The number of fused-ring (bicyclic) bond motifs is 1. The van der Waals surface area contributed by atoms with Gasteiger partial charge in [-0.25, -0.2) is 0 Å². The average molecular weight is 431 g/mol. The van der Waals surface area contributed by atoms with Gasteiger partial charge in [-0.2, -0.15) is 0 Å². The maximum atomic E-state index is 12.7. The lowest BCUT2D eigenvalue weighted by molar-refractivity contribution is -0.118. The third kappa shape index (κ3) is 4.31. The van der Waals surface area contributed by atoms with Crippen molar-refractivity contribution in [2.75, 3.05) is 12.3 Å². The van der Waals surface area contributed by atoms with E-state index in [1.807, 2.05) is 36.5 Å². The first-order valence-corrected chi connectivity index (χ1v) is 11.1. The Bertz CT molecular complexity index is 1030. The highest BCUT2D eigenvalue weighted by Crippen LogP contribution is 2.31. The SMILES string of the molecule is O=C(CSCc1c[nH]c2cc(Cl)c(Cl)cc12)C1CC(c2ccccc2)=CCN1. The van der Waals surface area contributed by atoms with Crippen molar-refractivity contribution >= 4 is 57.2 Å². The molecule has 4 rings (SSSR count). The molecule has 2 N–H and O–H groups in total. The number of hydrogen-bond donors (Lipinski definition) is 2. The number of thioether (sulfide) groups is 1. The van der Waals surface area contributed by atoms with E-state index in [1.54, 1.807) is 11.8 Å². The standard InChI is InChI=1S/C22H20Cl2N2OS/c23-18-9-17-16(11-26-20(17)10-19(18)24)12-28-13-22(27)21-8-15(6-7-25-21)14-4-2-1-3-5-14/h1-6,9-11,21,25-26H,7-8,12-13H2. The van der Waals surface area contributed by atoms with Gasteiger partial charge in [-0.1, -0.05) is 59.6 Å². The number of Topliss-reactive ketones (excluding diaryl/α,β-unsaturated/α-hetero) is 1. The van der Waals surface area contributed by atoms with Gasteiger partial charge in [-0.05, 0) is 35.3 Å². The van der Waals surface area contributed by atoms with E-state index in [9.17, 15) is 4.79 Å². The maximum Gasteiger partial charge on any atom is 0.159 e. The first-order chi connectivity index (χ1) is 13.6. The van der Waals surface area contributed by atoms with E-state index in [-0.39, 0.29) is 11.8 Å². The van der Waals surface area contributed by atoms with E-state index < -0.39 is 0 Å². The Kier molecular flexibility index (Phi) is 6.12. The average Bonchev–Trinajstić information content (AvgIpc) is 3.10. The largest absolute Gasteiger partial charge is 0.361 e. The summed E-state index contributed by atoms with van der Waals surface area (Å²) >= 11 is 13.8. The lowest BCUT2D eigenvalue weighted by Crippen LogP contribution is -2.40. The van der Waals surface area contributed by atoms with Crippen LogP contribution < -0.4 is 5.32 Å². The highest BCUT2D eigenvalue weighted by molar-refractivity contribution is 7.99. The predicted molar refractivity (Wildman–Crippen MR) is 120 cm³/mol. The Balaban J connectivity index is 1.35. The fourth-order valence-corrected chi connectivity index (χ4v) is 4.76. The van der Waals surface area contributed by atoms with E-state index in [2.05, 4.69) is 28.5 Å². The van der Waals surface area contributed by atoms with Crippen molar-refractivity contribution < 1.29 is 4.79 Å². The number of ketones is 1. The van der Waals surface area contributed by atoms with Crippen molar-refractivity contribution in [3.8, 4) is 0 Å². The number of H-pyrrole nitrogens is 1. The second-order valence-electron chi connectivity index (χ2n) is 6.85. The normalized spacial score (nSPS) is 16.9. The molecule has 3 aromatic rings. The fraction of sp³-hybridized carbons (Fsp3) is 0.227. The Morgan fingerprint density at radius 2 is 1.93 bits per heavy atom. The van der Waals surface area contributed by atoms with E-state index in [0.717, 1.165) is 35.2 Å². The van der Waals surface area contributed by atoms with Crippen LogP contribution in [0.2, 0.25) is 10.0 Å². The van der Waals surface area contributed by atoms with E-state index in [1.165, 1.54) is 11.1 Å². The van der Waals surface area contributed by atoms with Crippen molar-refractivity contribution in [1.82, 2.24) is 10.3 Å². The predicted octanol–water partition coefficient (Wildman–Crippen LogP) is 5.72. The van der Waals surface area contributed by atoms with Gasteiger partial charge in [0.2, 0.25) is 0 Å². The number of carbonyl (C=O) groups excluding carboxylic acids is 1. The van der Waals surface area contributed by atoms with Crippen LogP contribution in [0.3, 0.4) is 0 Å². The van der Waals surface area contributed by atoms with Gasteiger partial charge >= 0.3 is 0 Å². The van der Waals surface area contributed by atoms with E-state index in [0.29, 0.717) is 15.8 Å². The molecule has 144 valence electrons. The quantitative estimate of drug-likeness (QED) is 0.525. The van der Waals surface area contributed by atoms with Crippen molar-refractivity contribution in [2.24, 2.45) is 0 Å². The molecule has 0 aliphatic carbocycles. The summed E-state index contributed by atoms with van der Waals surface area (Å²) in [6.07, 6.45) is 4.88. The minimum atomic E-state index is -0.121. The Morgan fingerprint density at radius 1 is 1.14 bits per heavy atom. The number of aromatic amines is 1. The third-order valence-electron chi connectivity index (χ3n) is 4.98. The van der Waals surface area contributed by atoms with E-state index in [4.69, 9.17) is 23.2 Å². The minimum absolute atomic E-state index is 0.121. The number of rotatable bonds is 6. The summed E-state index contributed by atoms with van der Waals surface area (Å²) in [6, 6.07) is 13.9. The molecule has 0 saturated carbocycles. The second-order valence-corrected chi connectivity index (χ2v) is 8.65. The molecular formula is C22H20Cl2N2OS. The zero-order chi connectivity index (χ0) is 19.5. The molecule has 1 aliphatic rings. The topological polar surface area (TPSA) is 44.9 Å². The van der Waals surface area contributed by atoms with Crippen LogP contribution in [-0.2, 0) is 10.5 Å². The Labute approximate surface area is 178 Å². The van der Waals surface area contributed by atoms with Gasteiger partial charge < -0.3 is 10.3 Å². The lowest BCUT2D eigenvalue weighted by atomic mass is 9.94. The highest BCUT2D eigenvalue weighted by Gasteiger charge is 2.22. The van der Waals surface area contributed by atoms with Crippen LogP contribution in [0, 0.1) is 0 Å². The molecule has 0 bridgehead atoms. The van der Waals surface area contributed by atoms with Crippen molar-refractivity contribution in [2.45, 2.75) is 18.2 Å². The summed E-state index contributed by atoms with van der Waals surface area (Å²) in [5, 5.41) is 5.47.